The lowest BCUT2D eigenvalue weighted by molar-refractivity contribution is 0.171. The third kappa shape index (κ3) is 3.56. The van der Waals surface area contributed by atoms with E-state index in [0.29, 0.717) is 17.4 Å². The molecule has 0 spiro atoms. The minimum absolute atomic E-state index is 0.379. The number of fused-ring (bicyclic) bond motifs is 1. The molecule has 0 saturated heterocycles. The fraction of sp³-hybridized carbons (Fsp3) is 0.650. The van der Waals surface area contributed by atoms with Crippen LogP contribution in [0.3, 0.4) is 0 Å². The fourth-order valence-electron chi connectivity index (χ4n) is 3.88. The van der Waals surface area contributed by atoms with Crippen LogP contribution >= 0.6 is 11.6 Å². The van der Waals surface area contributed by atoms with Gasteiger partial charge in [0.05, 0.1) is 10.7 Å². The number of hydrogen-bond donors (Lipinski definition) is 1. The summed E-state index contributed by atoms with van der Waals surface area (Å²) in [4.78, 5) is 4.83. The van der Waals surface area contributed by atoms with E-state index in [-0.39, 0.29) is 0 Å². The van der Waals surface area contributed by atoms with E-state index in [1.807, 2.05) is 18.3 Å². The summed E-state index contributed by atoms with van der Waals surface area (Å²) in [6.45, 7) is 11.5. The van der Waals surface area contributed by atoms with Gasteiger partial charge in [0.2, 0.25) is 0 Å². The van der Waals surface area contributed by atoms with E-state index < -0.39 is 0 Å². The van der Waals surface area contributed by atoms with Gasteiger partial charge in [0, 0.05) is 12.2 Å². The number of halogens is 1. The monoisotopic (exact) mass is 347 g/mol. The minimum atomic E-state index is 0.379. The van der Waals surface area contributed by atoms with Gasteiger partial charge in [-0.05, 0) is 48.6 Å². The Bertz CT molecular complexity index is 711. The first-order valence-electron chi connectivity index (χ1n) is 9.19. The molecule has 0 bridgehead atoms. The van der Waals surface area contributed by atoms with Crippen LogP contribution in [0.5, 0.6) is 0 Å². The third-order valence-electron chi connectivity index (χ3n) is 5.40. The second-order valence-electron chi connectivity index (χ2n) is 8.65. The van der Waals surface area contributed by atoms with Gasteiger partial charge >= 0.3 is 0 Å². The number of nitrogens with one attached hydrogen (secondary N) is 1. The van der Waals surface area contributed by atoms with Crippen LogP contribution in [0.1, 0.15) is 71.9 Å². The molecule has 0 radical (unpaired) electrons. The summed E-state index contributed by atoms with van der Waals surface area (Å²) in [7, 11) is 0. The van der Waals surface area contributed by atoms with Crippen molar-refractivity contribution in [3.63, 3.8) is 0 Å². The number of rotatable bonds is 3. The second kappa shape index (κ2) is 6.59. The molecule has 24 heavy (non-hydrogen) atoms. The van der Waals surface area contributed by atoms with Gasteiger partial charge in [-0.3, -0.25) is 4.40 Å². The van der Waals surface area contributed by atoms with E-state index in [4.69, 9.17) is 16.6 Å². The molecule has 1 aliphatic rings. The summed E-state index contributed by atoms with van der Waals surface area (Å²) in [5.74, 6) is 2.28. The molecule has 4 heteroatoms. The van der Waals surface area contributed by atoms with E-state index in [9.17, 15) is 0 Å². The molecule has 1 aliphatic carbocycles. The van der Waals surface area contributed by atoms with Gasteiger partial charge in [0.1, 0.15) is 11.5 Å². The number of pyridine rings is 1. The van der Waals surface area contributed by atoms with Crippen molar-refractivity contribution in [3.05, 3.63) is 29.0 Å². The number of imidazole rings is 1. The van der Waals surface area contributed by atoms with Crippen LogP contribution in [-0.2, 0) is 0 Å². The smallest absolute Gasteiger partial charge is 0.138 e. The molecule has 2 aromatic heterocycles. The Morgan fingerprint density at radius 3 is 2.67 bits per heavy atom. The Labute approximate surface area is 150 Å². The highest BCUT2D eigenvalue weighted by Gasteiger charge is 2.31. The lowest BCUT2D eigenvalue weighted by Crippen LogP contribution is -2.33. The fourth-order valence-corrected chi connectivity index (χ4v) is 4.04. The topological polar surface area (TPSA) is 29.3 Å². The molecule has 1 saturated carbocycles. The van der Waals surface area contributed by atoms with Gasteiger partial charge in [-0.15, -0.1) is 0 Å². The number of hydrogen-bond acceptors (Lipinski definition) is 2. The highest BCUT2D eigenvalue weighted by atomic mass is 35.5. The van der Waals surface area contributed by atoms with Crippen LogP contribution in [0.15, 0.2) is 18.3 Å². The largest absolute Gasteiger partial charge is 0.367 e. The van der Waals surface area contributed by atoms with Crippen molar-refractivity contribution in [1.82, 2.24) is 9.38 Å². The van der Waals surface area contributed by atoms with E-state index in [2.05, 4.69) is 44.3 Å². The lowest BCUT2D eigenvalue weighted by Gasteiger charge is -2.38. The first kappa shape index (κ1) is 17.6. The molecule has 0 aromatic carbocycles. The maximum atomic E-state index is 6.23. The molecule has 132 valence electrons. The highest BCUT2D eigenvalue weighted by Crippen LogP contribution is 2.39. The van der Waals surface area contributed by atoms with Crippen LogP contribution in [0.2, 0.25) is 5.02 Å². The molecule has 1 N–H and O–H groups in total. The molecule has 2 heterocycles. The normalized spacial score (nSPS) is 22.3. The van der Waals surface area contributed by atoms with Crippen molar-refractivity contribution in [2.45, 2.75) is 72.3 Å². The molecule has 3 nitrogen and oxygen atoms in total. The Morgan fingerprint density at radius 2 is 2.00 bits per heavy atom. The van der Waals surface area contributed by atoms with Gasteiger partial charge in [-0.1, -0.05) is 52.6 Å². The highest BCUT2D eigenvalue weighted by molar-refractivity contribution is 6.30. The molecule has 1 fully saturated rings. The Morgan fingerprint density at radius 1 is 1.25 bits per heavy atom. The molecular formula is C20H30ClN3. The van der Waals surface area contributed by atoms with Crippen LogP contribution in [0.25, 0.3) is 5.65 Å². The summed E-state index contributed by atoms with van der Waals surface area (Å²) in [6, 6.07) is 4.42. The summed E-state index contributed by atoms with van der Waals surface area (Å²) in [5.41, 5.74) is 2.48. The standard InChI is InChI=1S/C20H30ClN3/c1-13(2)18-19(24-12-15(21)9-10-17(24)23-18)22-16-8-6-7-14(11-16)20(3,4)5/h9-10,12-14,16,22H,6-8,11H2,1-5H3. The molecular weight excluding hydrogens is 318 g/mol. The average molecular weight is 348 g/mol. The van der Waals surface area contributed by atoms with Crippen molar-refractivity contribution in [3.8, 4) is 0 Å². The van der Waals surface area contributed by atoms with Gasteiger partial charge in [0.25, 0.3) is 0 Å². The van der Waals surface area contributed by atoms with Gasteiger partial charge in [0.15, 0.2) is 0 Å². The predicted molar refractivity (Wildman–Crippen MR) is 103 cm³/mol. The summed E-state index contributed by atoms with van der Waals surface area (Å²) >= 11 is 6.23. The quantitative estimate of drug-likeness (QED) is 0.723. The first-order valence-corrected chi connectivity index (χ1v) is 9.57. The molecule has 2 aromatic rings. The van der Waals surface area contributed by atoms with Crippen LogP contribution in [0, 0.1) is 11.3 Å². The van der Waals surface area contributed by atoms with Gasteiger partial charge in [-0.25, -0.2) is 4.98 Å². The van der Waals surface area contributed by atoms with E-state index in [0.717, 1.165) is 28.1 Å². The number of anilines is 1. The lowest BCUT2D eigenvalue weighted by atomic mass is 9.71. The SMILES string of the molecule is CC(C)c1nc2ccc(Cl)cn2c1NC1CCCC(C(C)(C)C)C1. The second-order valence-corrected chi connectivity index (χ2v) is 9.08. The van der Waals surface area contributed by atoms with Gasteiger partial charge in [-0.2, -0.15) is 0 Å². The number of aromatic nitrogens is 2. The van der Waals surface area contributed by atoms with Crippen molar-refractivity contribution < 1.29 is 0 Å². The molecule has 0 aliphatic heterocycles. The van der Waals surface area contributed by atoms with Crippen LogP contribution < -0.4 is 5.32 Å². The average Bonchev–Trinajstić information content (AvgIpc) is 2.85. The summed E-state index contributed by atoms with van der Waals surface area (Å²) in [5, 5.41) is 4.57. The van der Waals surface area contributed by atoms with E-state index in [1.165, 1.54) is 25.7 Å². The summed E-state index contributed by atoms with van der Waals surface area (Å²) in [6.07, 6.45) is 7.08. The minimum Gasteiger partial charge on any atom is -0.367 e. The zero-order valence-electron chi connectivity index (χ0n) is 15.6. The van der Waals surface area contributed by atoms with E-state index in [1.54, 1.807) is 0 Å². The maximum absolute atomic E-state index is 6.23. The van der Waals surface area contributed by atoms with Crippen LogP contribution in [0.4, 0.5) is 5.82 Å². The van der Waals surface area contributed by atoms with Crippen molar-refractivity contribution in [2.24, 2.45) is 11.3 Å². The third-order valence-corrected chi connectivity index (χ3v) is 5.62. The Kier molecular flexibility index (Phi) is 4.83. The van der Waals surface area contributed by atoms with Crippen molar-refractivity contribution in [2.75, 3.05) is 5.32 Å². The Hall–Kier alpha value is -1.22. The van der Waals surface area contributed by atoms with E-state index >= 15 is 0 Å². The number of nitrogens with zero attached hydrogens (tertiary/aromatic N) is 2. The maximum Gasteiger partial charge on any atom is 0.138 e. The predicted octanol–water partition coefficient (Wildman–Crippen LogP) is 6.13. The molecule has 2 unspecified atom stereocenters. The zero-order chi connectivity index (χ0) is 17.5. The molecule has 2 atom stereocenters. The Balaban J connectivity index is 1.91. The van der Waals surface area contributed by atoms with Crippen molar-refractivity contribution in [1.29, 1.82) is 0 Å². The molecule has 0 amide bonds. The van der Waals surface area contributed by atoms with Gasteiger partial charge < -0.3 is 5.32 Å². The van der Waals surface area contributed by atoms with Crippen molar-refractivity contribution >= 4 is 23.1 Å². The summed E-state index contributed by atoms with van der Waals surface area (Å²) < 4.78 is 2.12. The first-order chi connectivity index (χ1) is 11.3. The molecule has 3 rings (SSSR count). The van der Waals surface area contributed by atoms with Crippen LogP contribution in [-0.4, -0.2) is 15.4 Å². The zero-order valence-corrected chi connectivity index (χ0v) is 16.3.